The van der Waals surface area contributed by atoms with Crippen LogP contribution in [0.3, 0.4) is 0 Å². The molecule has 6 heteroatoms. The lowest BCUT2D eigenvalue weighted by Gasteiger charge is -2.33. The molecule has 2 aromatic carbocycles. The maximum absolute atomic E-state index is 12.5. The molecule has 1 amide bonds. The lowest BCUT2D eigenvalue weighted by molar-refractivity contribution is 0.0126. The molecule has 3 rings (SSSR count). The number of nitrogens with zero attached hydrogens (tertiary/aromatic N) is 1. The van der Waals surface area contributed by atoms with Gasteiger partial charge in [-0.1, -0.05) is 30.3 Å². The Morgan fingerprint density at radius 1 is 1.00 bits per heavy atom. The third-order valence-corrected chi connectivity index (χ3v) is 4.90. The first-order chi connectivity index (χ1) is 14.2. The monoisotopic (exact) mass is 411 g/mol. The SMILES string of the molecule is CC(C)(C)OC(=O)N1CCC(Oc2ccc(C(=O)C(O)c3ccccc3)cc2)CC1. The van der Waals surface area contributed by atoms with Gasteiger partial charge in [-0.25, -0.2) is 4.79 Å². The van der Waals surface area contributed by atoms with Gasteiger partial charge in [-0.3, -0.25) is 4.79 Å². The first-order valence-electron chi connectivity index (χ1n) is 10.2. The van der Waals surface area contributed by atoms with Crippen molar-refractivity contribution in [3.05, 3.63) is 65.7 Å². The van der Waals surface area contributed by atoms with Crippen LogP contribution in [0.4, 0.5) is 4.79 Å². The van der Waals surface area contributed by atoms with Gasteiger partial charge < -0.3 is 19.5 Å². The number of benzene rings is 2. The van der Waals surface area contributed by atoms with Gasteiger partial charge in [0.05, 0.1) is 0 Å². The first kappa shape index (κ1) is 21.8. The summed E-state index contributed by atoms with van der Waals surface area (Å²) < 4.78 is 11.4. The molecule has 1 saturated heterocycles. The Morgan fingerprint density at radius 2 is 1.60 bits per heavy atom. The van der Waals surface area contributed by atoms with E-state index in [2.05, 4.69) is 0 Å². The molecule has 0 radical (unpaired) electrons. The van der Waals surface area contributed by atoms with E-state index in [0.29, 0.717) is 42.8 Å². The maximum atomic E-state index is 12.5. The lowest BCUT2D eigenvalue weighted by atomic mass is 10.00. The second-order valence-electron chi connectivity index (χ2n) is 8.49. The molecule has 1 aliphatic heterocycles. The second kappa shape index (κ2) is 9.30. The number of ketones is 1. The fourth-order valence-electron chi connectivity index (χ4n) is 3.32. The van der Waals surface area contributed by atoms with Crippen molar-refractivity contribution >= 4 is 11.9 Å². The van der Waals surface area contributed by atoms with E-state index in [1.54, 1.807) is 53.4 Å². The number of hydrogen-bond acceptors (Lipinski definition) is 5. The number of carbonyl (C=O) groups is 2. The predicted molar refractivity (Wildman–Crippen MR) is 114 cm³/mol. The van der Waals surface area contributed by atoms with Crippen LogP contribution in [0, 0.1) is 0 Å². The maximum Gasteiger partial charge on any atom is 0.410 e. The highest BCUT2D eigenvalue weighted by Crippen LogP contribution is 2.23. The Kier molecular flexibility index (Phi) is 6.77. The summed E-state index contributed by atoms with van der Waals surface area (Å²) >= 11 is 0. The molecule has 1 atom stereocenters. The topological polar surface area (TPSA) is 76.1 Å². The summed E-state index contributed by atoms with van der Waals surface area (Å²) in [6.07, 6.45) is -0.0460. The Labute approximate surface area is 177 Å². The minimum absolute atomic E-state index is 0.000136. The van der Waals surface area contributed by atoms with Crippen molar-refractivity contribution in [2.24, 2.45) is 0 Å². The third-order valence-electron chi connectivity index (χ3n) is 4.90. The van der Waals surface area contributed by atoms with Crippen LogP contribution in [-0.4, -0.2) is 46.7 Å². The Morgan fingerprint density at radius 3 is 2.17 bits per heavy atom. The molecule has 0 saturated carbocycles. The summed E-state index contributed by atoms with van der Waals surface area (Å²) in [5.74, 6) is 0.315. The lowest BCUT2D eigenvalue weighted by Crippen LogP contribution is -2.44. The quantitative estimate of drug-likeness (QED) is 0.739. The Bertz CT molecular complexity index is 849. The van der Waals surface area contributed by atoms with Crippen LogP contribution in [0.15, 0.2) is 54.6 Å². The fraction of sp³-hybridized carbons (Fsp3) is 0.417. The molecule has 1 N–H and O–H groups in total. The standard InChI is InChI=1S/C24H29NO5/c1-24(2,3)30-23(28)25-15-13-20(14-16-25)29-19-11-9-18(10-12-19)22(27)21(26)17-7-5-4-6-8-17/h4-12,20-21,26H,13-16H2,1-3H3. The van der Waals surface area contributed by atoms with Crippen LogP contribution >= 0.6 is 0 Å². The summed E-state index contributed by atoms with van der Waals surface area (Å²) in [6.45, 7) is 6.73. The van der Waals surface area contributed by atoms with Gasteiger partial charge in [0.15, 0.2) is 5.78 Å². The summed E-state index contributed by atoms with van der Waals surface area (Å²) in [5.41, 5.74) is 0.496. The van der Waals surface area contributed by atoms with Gasteiger partial charge in [0.1, 0.15) is 23.6 Å². The van der Waals surface area contributed by atoms with Gasteiger partial charge in [-0.15, -0.1) is 0 Å². The van der Waals surface area contributed by atoms with E-state index < -0.39 is 11.7 Å². The minimum atomic E-state index is -1.19. The minimum Gasteiger partial charge on any atom is -0.490 e. The van der Waals surface area contributed by atoms with Crippen LogP contribution in [0.1, 0.15) is 55.6 Å². The van der Waals surface area contributed by atoms with Gasteiger partial charge in [0.25, 0.3) is 0 Å². The number of rotatable bonds is 5. The molecule has 1 aliphatic rings. The Hall–Kier alpha value is -2.86. The summed E-state index contributed by atoms with van der Waals surface area (Å²) in [5, 5.41) is 10.3. The molecule has 6 nitrogen and oxygen atoms in total. The molecule has 0 bridgehead atoms. The first-order valence-corrected chi connectivity index (χ1v) is 10.2. The number of aliphatic hydroxyl groups excluding tert-OH is 1. The Balaban J connectivity index is 1.52. The van der Waals surface area contributed by atoms with Crippen LogP contribution in [0.5, 0.6) is 5.75 Å². The zero-order valence-electron chi connectivity index (χ0n) is 17.7. The van der Waals surface area contributed by atoms with Crippen LogP contribution in [0.2, 0.25) is 0 Å². The van der Waals surface area contributed by atoms with E-state index >= 15 is 0 Å². The molecule has 1 heterocycles. The average Bonchev–Trinajstić information content (AvgIpc) is 2.73. The van der Waals surface area contributed by atoms with Gasteiger partial charge in [-0.2, -0.15) is 0 Å². The highest BCUT2D eigenvalue weighted by molar-refractivity contribution is 5.99. The van der Waals surface area contributed by atoms with Crippen LogP contribution in [-0.2, 0) is 4.74 Å². The van der Waals surface area contributed by atoms with E-state index in [4.69, 9.17) is 9.47 Å². The number of piperidine rings is 1. The molecular weight excluding hydrogens is 382 g/mol. The number of hydrogen-bond donors (Lipinski definition) is 1. The third kappa shape index (κ3) is 5.83. The van der Waals surface area contributed by atoms with Crippen molar-refractivity contribution in [2.45, 2.75) is 51.4 Å². The zero-order chi connectivity index (χ0) is 21.7. The number of aliphatic hydroxyl groups is 1. The molecule has 2 aromatic rings. The number of amides is 1. The van der Waals surface area contributed by atoms with E-state index in [0.717, 1.165) is 0 Å². The van der Waals surface area contributed by atoms with E-state index in [1.165, 1.54) is 0 Å². The number of carbonyl (C=O) groups excluding carboxylic acids is 2. The van der Waals surface area contributed by atoms with E-state index in [1.807, 2.05) is 26.8 Å². The summed E-state index contributed by atoms with van der Waals surface area (Å²) in [6, 6.07) is 15.7. The summed E-state index contributed by atoms with van der Waals surface area (Å²) in [4.78, 5) is 26.4. The number of Topliss-reactive ketones (excluding diaryl/α,β-unsaturated/α-hetero) is 1. The number of ether oxygens (including phenoxy) is 2. The van der Waals surface area contributed by atoms with Crippen molar-refractivity contribution in [3.63, 3.8) is 0 Å². The van der Waals surface area contributed by atoms with Gasteiger partial charge >= 0.3 is 6.09 Å². The average molecular weight is 411 g/mol. The van der Waals surface area contributed by atoms with Gasteiger partial charge in [0, 0.05) is 31.5 Å². The predicted octanol–water partition coefficient (Wildman–Crippen LogP) is 4.38. The molecule has 30 heavy (non-hydrogen) atoms. The normalized spacial score (nSPS) is 16.1. The van der Waals surface area contributed by atoms with Crippen LogP contribution < -0.4 is 4.74 Å². The van der Waals surface area contributed by atoms with Gasteiger partial charge in [0.2, 0.25) is 0 Å². The smallest absolute Gasteiger partial charge is 0.410 e. The highest BCUT2D eigenvalue weighted by atomic mass is 16.6. The molecule has 0 spiro atoms. The number of likely N-dealkylation sites (tertiary alicyclic amines) is 1. The van der Waals surface area contributed by atoms with E-state index in [9.17, 15) is 14.7 Å². The van der Waals surface area contributed by atoms with Crippen molar-refractivity contribution in [1.29, 1.82) is 0 Å². The second-order valence-corrected chi connectivity index (χ2v) is 8.49. The zero-order valence-corrected chi connectivity index (χ0v) is 17.7. The molecule has 1 unspecified atom stereocenters. The largest absolute Gasteiger partial charge is 0.490 e. The van der Waals surface area contributed by atoms with E-state index in [-0.39, 0.29) is 18.0 Å². The fourth-order valence-corrected chi connectivity index (χ4v) is 3.32. The van der Waals surface area contributed by atoms with Crippen molar-refractivity contribution in [1.82, 2.24) is 4.90 Å². The van der Waals surface area contributed by atoms with Crippen molar-refractivity contribution < 1.29 is 24.2 Å². The van der Waals surface area contributed by atoms with Crippen molar-refractivity contribution in [3.8, 4) is 5.75 Å². The highest BCUT2D eigenvalue weighted by Gasteiger charge is 2.27. The molecule has 1 fully saturated rings. The molecule has 160 valence electrons. The summed E-state index contributed by atoms with van der Waals surface area (Å²) in [7, 11) is 0. The molecular formula is C24H29NO5. The molecule has 0 aliphatic carbocycles. The van der Waals surface area contributed by atoms with Crippen molar-refractivity contribution in [2.75, 3.05) is 13.1 Å². The van der Waals surface area contributed by atoms with Gasteiger partial charge in [-0.05, 0) is 50.6 Å². The molecule has 0 aromatic heterocycles. The van der Waals surface area contributed by atoms with Crippen LogP contribution in [0.25, 0.3) is 0 Å².